The van der Waals surface area contributed by atoms with E-state index >= 15 is 0 Å². The number of rotatable bonds is 6. The monoisotopic (exact) mass is 279 g/mol. The summed E-state index contributed by atoms with van der Waals surface area (Å²) in [5.41, 5.74) is 1.46. The molecule has 1 atom stereocenters. The molecule has 0 saturated carbocycles. The Kier molecular flexibility index (Phi) is 4.44. The van der Waals surface area contributed by atoms with Crippen molar-refractivity contribution in [2.45, 2.75) is 32.2 Å². The summed E-state index contributed by atoms with van der Waals surface area (Å²) in [4.78, 5) is 10.7. The van der Waals surface area contributed by atoms with Gasteiger partial charge in [-0.05, 0) is 25.8 Å². The molecular weight excluding hydrogens is 258 g/mol. The maximum absolute atomic E-state index is 11.0. The topological polar surface area (TPSA) is 76.4 Å². The fourth-order valence-corrected chi connectivity index (χ4v) is 2.27. The molecule has 1 aromatic rings. The predicted molar refractivity (Wildman–Crippen MR) is 79.3 cm³/mol. The molecule has 1 fully saturated rings. The minimum absolute atomic E-state index is 0.0936. The van der Waals surface area contributed by atoms with Crippen molar-refractivity contribution < 1.29 is 9.66 Å². The molecule has 0 bridgehead atoms. The van der Waals surface area contributed by atoms with Crippen LogP contribution in [0.25, 0.3) is 0 Å². The van der Waals surface area contributed by atoms with Gasteiger partial charge in [0, 0.05) is 36.7 Å². The molecule has 0 aliphatic carbocycles. The van der Waals surface area contributed by atoms with E-state index in [0.717, 1.165) is 37.4 Å². The normalized spacial score (nSPS) is 21.7. The van der Waals surface area contributed by atoms with Crippen molar-refractivity contribution >= 4 is 17.1 Å². The molecule has 1 heterocycles. The van der Waals surface area contributed by atoms with Crippen LogP contribution in [0.1, 0.15) is 26.7 Å². The smallest absolute Gasteiger partial charge is 0.273 e. The summed E-state index contributed by atoms with van der Waals surface area (Å²) in [7, 11) is 0. The number of benzene rings is 1. The van der Waals surface area contributed by atoms with Crippen molar-refractivity contribution in [1.29, 1.82) is 0 Å². The van der Waals surface area contributed by atoms with Crippen molar-refractivity contribution in [3.05, 3.63) is 28.3 Å². The molecule has 110 valence electrons. The van der Waals surface area contributed by atoms with Gasteiger partial charge in [-0.15, -0.1) is 0 Å². The minimum Gasteiger partial charge on any atom is -0.385 e. The first-order valence-corrected chi connectivity index (χ1v) is 6.92. The molecule has 6 nitrogen and oxygen atoms in total. The highest BCUT2D eigenvalue weighted by atomic mass is 16.6. The summed E-state index contributed by atoms with van der Waals surface area (Å²) in [6.45, 7) is 6.26. The third-order valence-corrected chi connectivity index (χ3v) is 3.37. The number of nitrogens with zero attached hydrogens (tertiary/aromatic N) is 1. The Hall–Kier alpha value is -1.82. The molecule has 0 amide bonds. The predicted octanol–water partition coefficient (Wildman–Crippen LogP) is 3.01. The van der Waals surface area contributed by atoms with Crippen LogP contribution >= 0.6 is 0 Å². The van der Waals surface area contributed by atoms with Gasteiger partial charge in [0.2, 0.25) is 0 Å². The van der Waals surface area contributed by atoms with E-state index in [1.165, 1.54) is 0 Å². The molecule has 1 unspecified atom stereocenters. The number of ether oxygens (including phenoxy) is 1. The summed E-state index contributed by atoms with van der Waals surface area (Å²) in [6, 6.07) is 5.04. The first-order chi connectivity index (χ1) is 9.52. The summed E-state index contributed by atoms with van der Waals surface area (Å²) in [6.07, 6.45) is 1.87. The molecule has 2 rings (SSSR count). The van der Waals surface area contributed by atoms with E-state index in [2.05, 4.69) is 24.5 Å². The van der Waals surface area contributed by atoms with Gasteiger partial charge in [0.15, 0.2) is 0 Å². The Morgan fingerprint density at radius 3 is 2.75 bits per heavy atom. The lowest BCUT2D eigenvalue weighted by atomic mass is 10.0. The highest BCUT2D eigenvalue weighted by molar-refractivity contribution is 5.64. The molecule has 1 aliphatic rings. The average molecular weight is 279 g/mol. The molecule has 0 spiro atoms. The van der Waals surface area contributed by atoms with Gasteiger partial charge >= 0.3 is 0 Å². The molecule has 0 radical (unpaired) electrons. The van der Waals surface area contributed by atoms with Gasteiger partial charge < -0.3 is 15.4 Å². The lowest BCUT2D eigenvalue weighted by Crippen LogP contribution is -2.34. The highest BCUT2D eigenvalue weighted by Gasteiger charge is 2.29. The maximum atomic E-state index is 11.0. The number of nitrogens with one attached hydrogen (secondary N) is 2. The largest absolute Gasteiger partial charge is 0.385 e. The lowest BCUT2D eigenvalue weighted by Gasteiger charge is -2.25. The van der Waals surface area contributed by atoms with Crippen LogP contribution in [0, 0.1) is 10.1 Å². The SMILES string of the molecule is CCCNc1cc(NC2(C)CCOC2)cc([N+](=O)[O-])c1. The van der Waals surface area contributed by atoms with E-state index in [1.54, 1.807) is 12.1 Å². The third-order valence-electron chi connectivity index (χ3n) is 3.37. The van der Waals surface area contributed by atoms with Crippen molar-refractivity contribution in [2.24, 2.45) is 0 Å². The Labute approximate surface area is 118 Å². The van der Waals surface area contributed by atoms with Gasteiger partial charge in [-0.2, -0.15) is 0 Å². The van der Waals surface area contributed by atoms with Crippen LogP contribution < -0.4 is 10.6 Å². The molecule has 1 aromatic carbocycles. The van der Waals surface area contributed by atoms with E-state index in [9.17, 15) is 10.1 Å². The summed E-state index contributed by atoms with van der Waals surface area (Å²) < 4.78 is 5.39. The Bertz CT molecular complexity index is 485. The van der Waals surface area contributed by atoms with E-state index in [1.807, 2.05) is 6.07 Å². The Morgan fingerprint density at radius 1 is 1.40 bits per heavy atom. The highest BCUT2D eigenvalue weighted by Crippen LogP contribution is 2.29. The maximum Gasteiger partial charge on any atom is 0.273 e. The van der Waals surface area contributed by atoms with E-state index in [-0.39, 0.29) is 16.1 Å². The van der Waals surface area contributed by atoms with Crippen molar-refractivity contribution in [1.82, 2.24) is 0 Å². The Morgan fingerprint density at radius 2 is 2.15 bits per heavy atom. The average Bonchev–Trinajstić information content (AvgIpc) is 2.82. The van der Waals surface area contributed by atoms with Crippen LogP contribution in [0.15, 0.2) is 18.2 Å². The number of nitro groups is 1. The van der Waals surface area contributed by atoms with Crippen molar-refractivity contribution in [3.63, 3.8) is 0 Å². The zero-order chi connectivity index (χ0) is 14.6. The van der Waals surface area contributed by atoms with Crippen molar-refractivity contribution in [3.8, 4) is 0 Å². The molecule has 1 aliphatic heterocycles. The van der Waals surface area contributed by atoms with Crippen LogP contribution in [0.2, 0.25) is 0 Å². The van der Waals surface area contributed by atoms with E-state index < -0.39 is 0 Å². The lowest BCUT2D eigenvalue weighted by molar-refractivity contribution is -0.384. The second-order valence-electron chi connectivity index (χ2n) is 5.44. The van der Waals surface area contributed by atoms with Gasteiger partial charge in [0.1, 0.15) is 0 Å². The van der Waals surface area contributed by atoms with Crippen LogP contribution in [0.4, 0.5) is 17.1 Å². The second kappa shape index (κ2) is 6.09. The van der Waals surface area contributed by atoms with Gasteiger partial charge in [-0.3, -0.25) is 10.1 Å². The van der Waals surface area contributed by atoms with Gasteiger partial charge in [-0.25, -0.2) is 0 Å². The van der Waals surface area contributed by atoms with Gasteiger partial charge in [0.05, 0.1) is 17.1 Å². The first kappa shape index (κ1) is 14.6. The third kappa shape index (κ3) is 3.60. The molecule has 20 heavy (non-hydrogen) atoms. The second-order valence-corrected chi connectivity index (χ2v) is 5.44. The number of hydrogen-bond donors (Lipinski definition) is 2. The van der Waals surface area contributed by atoms with Crippen LogP contribution in [-0.2, 0) is 4.74 Å². The zero-order valence-electron chi connectivity index (χ0n) is 11.9. The molecule has 6 heteroatoms. The fraction of sp³-hybridized carbons (Fsp3) is 0.571. The Balaban J connectivity index is 2.21. The number of nitro benzene ring substituents is 1. The summed E-state index contributed by atoms with van der Waals surface area (Å²) in [5, 5.41) is 17.6. The number of anilines is 2. The fourth-order valence-electron chi connectivity index (χ4n) is 2.27. The summed E-state index contributed by atoms with van der Waals surface area (Å²) >= 11 is 0. The van der Waals surface area contributed by atoms with E-state index in [0.29, 0.717) is 6.61 Å². The van der Waals surface area contributed by atoms with E-state index in [4.69, 9.17) is 4.74 Å². The van der Waals surface area contributed by atoms with Crippen LogP contribution in [-0.4, -0.2) is 30.2 Å². The standard InChI is InChI=1S/C14H21N3O3/c1-3-5-15-11-7-12(9-13(8-11)17(18)19)16-14(2)4-6-20-10-14/h7-9,15-16H,3-6,10H2,1-2H3. The van der Waals surface area contributed by atoms with Crippen LogP contribution in [0.5, 0.6) is 0 Å². The first-order valence-electron chi connectivity index (χ1n) is 6.92. The zero-order valence-corrected chi connectivity index (χ0v) is 11.9. The van der Waals surface area contributed by atoms with Gasteiger partial charge in [0.25, 0.3) is 5.69 Å². The quantitative estimate of drug-likeness (QED) is 0.618. The molecule has 1 saturated heterocycles. The van der Waals surface area contributed by atoms with Crippen LogP contribution in [0.3, 0.4) is 0 Å². The summed E-state index contributed by atoms with van der Waals surface area (Å²) in [5.74, 6) is 0. The van der Waals surface area contributed by atoms with Crippen molar-refractivity contribution in [2.75, 3.05) is 30.4 Å². The molecule has 0 aromatic heterocycles. The molecule has 2 N–H and O–H groups in total. The molecular formula is C14H21N3O3. The van der Waals surface area contributed by atoms with Gasteiger partial charge in [-0.1, -0.05) is 6.92 Å². The number of non-ortho nitro benzene ring substituents is 1. The number of hydrogen-bond acceptors (Lipinski definition) is 5. The minimum atomic E-state index is -0.365.